The Kier molecular flexibility index (Phi) is 2.67. The predicted octanol–water partition coefficient (Wildman–Crippen LogP) is 3.26. The third kappa shape index (κ3) is 2.01. The number of hydrogen-bond acceptors (Lipinski definition) is 2. The molecule has 1 heterocycles. The van der Waals surface area contributed by atoms with Gasteiger partial charge >= 0.3 is 0 Å². The number of thiophene rings is 1. The van der Waals surface area contributed by atoms with Crippen molar-refractivity contribution in [3.8, 4) is 5.06 Å². The van der Waals surface area contributed by atoms with Gasteiger partial charge in [0.15, 0.2) is 5.06 Å². The Hall–Kier alpha value is -0.500. The van der Waals surface area contributed by atoms with Crippen molar-refractivity contribution in [2.24, 2.45) is 0 Å². The monoisotopic (exact) mass is 181 g/mol. The molecule has 0 spiro atoms. The standard InChI is InChI=1S/C10H13OS/c1-2-5-9(6-3-1)11-10-7-4-8-12-10/h7-9H,1-3,5-6H2. The van der Waals surface area contributed by atoms with E-state index in [2.05, 4.69) is 6.07 Å². The van der Waals surface area contributed by atoms with E-state index in [1.807, 2.05) is 11.4 Å². The van der Waals surface area contributed by atoms with Crippen molar-refractivity contribution in [1.29, 1.82) is 0 Å². The highest BCUT2D eigenvalue weighted by molar-refractivity contribution is 7.11. The highest BCUT2D eigenvalue weighted by atomic mass is 32.1. The summed E-state index contributed by atoms with van der Waals surface area (Å²) in [6, 6.07) is 4.94. The van der Waals surface area contributed by atoms with Gasteiger partial charge in [0.2, 0.25) is 0 Å². The molecule has 65 valence electrons. The second-order valence-corrected chi connectivity index (χ2v) is 4.12. The summed E-state index contributed by atoms with van der Waals surface area (Å²) in [6.45, 7) is 0. The average molecular weight is 181 g/mol. The maximum atomic E-state index is 5.78. The fourth-order valence-electron chi connectivity index (χ4n) is 1.64. The van der Waals surface area contributed by atoms with E-state index in [0.29, 0.717) is 6.10 Å². The fraction of sp³-hybridized carbons (Fsp3) is 0.600. The van der Waals surface area contributed by atoms with Crippen molar-refractivity contribution in [2.75, 3.05) is 0 Å². The normalized spacial score (nSPS) is 19.3. The third-order valence-electron chi connectivity index (χ3n) is 2.28. The lowest BCUT2D eigenvalue weighted by Crippen LogP contribution is -2.18. The van der Waals surface area contributed by atoms with Crippen LogP contribution in [0.4, 0.5) is 0 Å². The van der Waals surface area contributed by atoms with E-state index in [9.17, 15) is 0 Å². The van der Waals surface area contributed by atoms with Crippen LogP contribution in [0.25, 0.3) is 0 Å². The Bertz CT molecular complexity index is 212. The molecule has 1 radical (unpaired) electrons. The van der Waals surface area contributed by atoms with E-state index in [-0.39, 0.29) is 0 Å². The smallest absolute Gasteiger partial charge is 0.174 e. The van der Waals surface area contributed by atoms with Gasteiger partial charge in [0, 0.05) is 5.38 Å². The molecular formula is C10H13OS. The molecule has 1 saturated carbocycles. The Balaban J connectivity index is 1.86. The summed E-state index contributed by atoms with van der Waals surface area (Å²) < 4.78 is 5.78. The molecule has 2 heteroatoms. The lowest BCUT2D eigenvalue weighted by molar-refractivity contribution is 0.160. The molecular weight excluding hydrogens is 168 g/mol. The largest absolute Gasteiger partial charge is 0.481 e. The van der Waals surface area contributed by atoms with Crippen LogP contribution in [0.5, 0.6) is 5.06 Å². The van der Waals surface area contributed by atoms with Crippen LogP contribution in [-0.4, -0.2) is 6.10 Å². The quantitative estimate of drug-likeness (QED) is 0.680. The molecule has 1 nitrogen and oxygen atoms in total. The van der Waals surface area contributed by atoms with Gasteiger partial charge in [-0.15, -0.1) is 11.3 Å². The lowest BCUT2D eigenvalue weighted by Gasteiger charge is -2.21. The van der Waals surface area contributed by atoms with Crippen molar-refractivity contribution >= 4 is 11.3 Å². The van der Waals surface area contributed by atoms with Gasteiger partial charge in [-0.1, -0.05) is 6.42 Å². The van der Waals surface area contributed by atoms with Crippen molar-refractivity contribution in [3.63, 3.8) is 0 Å². The van der Waals surface area contributed by atoms with Gasteiger partial charge in [0.1, 0.15) is 0 Å². The van der Waals surface area contributed by atoms with E-state index in [0.717, 1.165) is 5.06 Å². The predicted molar refractivity (Wildman–Crippen MR) is 50.7 cm³/mol. The summed E-state index contributed by atoms with van der Waals surface area (Å²) in [5.41, 5.74) is 0. The van der Waals surface area contributed by atoms with Crippen molar-refractivity contribution in [1.82, 2.24) is 0 Å². The maximum absolute atomic E-state index is 5.78. The Labute approximate surface area is 77.4 Å². The second-order valence-electron chi connectivity index (χ2n) is 3.24. The van der Waals surface area contributed by atoms with E-state index >= 15 is 0 Å². The molecule has 1 fully saturated rings. The maximum Gasteiger partial charge on any atom is 0.174 e. The first-order valence-electron chi connectivity index (χ1n) is 4.56. The number of rotatable bonds is 2. The van der Waals surface area contributed by atoms with Gasteiger partial charge in [-0.2, -0.15) is 0 Å². The van der Waals surface area contributed by atoms with E-state index in [1.165, 1.54) is 32.1 Å². The van der Waals surface area contributed by atoms with Crippen LogP contribution in [0.1, 0.15) is 32.1 Å². The summed E-state index contributed by atoms with van der Waals surface area (Å²) in [7, 11) is 0. The first-order valence-corrected chi connectivity index (χ1v) is 5.44. The van der Waals surface area contributed by atoms with Crippen LogP contribution in [0.15, 0.2) is 11.4 Å². The highest BCUT2D eigenvalue weighted by Gasteiger charge is 2.14. The van der Waals surface area contributed by atoms with Crippen LogP contribution in [-0.2, 0) is 0 Å². The zero-order valence-corrected chi connectivity index (χ0v) is 7.90. The minimum absolute atomic E-state index is 0.478. The molecule has 0 bridgehead atoms. The fourth-order valence-corrected chi connectivity index (χ4v) is 2.22. The molecule has 0 atom stereocenters. The second kappa shape index (κ2) is 3.94. The summed E-state index contributed by atoms with van der Waals surface area (Å²) in [4.78, 5) is 0. The lowest BCUT2D eigenvalue weighted by atomic mass is 9.98. The summed E-state index contributed by atoms with van der Waals surface area (Å²) in [5.74, 6) is 0. The number of hydrogen-bond donors (Lipinski definition) is 0. The van der Waals surface area contributed by atoms with Crippen LogP contribution in [0.2, 0.25) is 0 Å². The van der Waals surface area contributed by atoms with Gasteiger partial charge in [0.05, 0.1) is 6.10 Å². The summed E-state index contributed by atoms with van der Waals surface area (Å²) >= 11 is 1.64. The molecule has 12 heavy (non-hydrogen) atoms. The average Bonchev–Trinajstić information content (AvgIpc) is 2.59. The zero-order chi connectivity index (χ0) is 8.23. The van der Waals surface area contributed by atoms with Crippen LogP contribution < -0.4 is 4.74 Å². The summed E-state index contributed by atoms with van der Waals surface area (Å²) in [5, 5.41) is 2.97. The Morgan fingerprint density at radius 1 is 1.33 bits per heavy atom. The summed E-state index contributed by atoms with van der Waals surface area (Å²) in [6.07, 6.45) is 7.00. The Morgan fingerprint density at radius 3 is 2.83 bits per heavy atom. The third-order valence-corrected chi connectivity index (χ3v) is 2.98. The van der Waals surface area contributed by atoms with E-state index in [1.54, 1.807) is 11.3 Å². The minimum Gasteiger partial charge on any atom is -0.481 e. The van der Waals surface area contributed by atoms with Crippen LogP contribution >= 0.6 is 11.3 Å². The van der Waals surface area contributed by atoms with Crippen molar-refractivity contribution in [3.05, 3.63) is 17.5 Å². The van der Waals surface area contributed by atoms with Crippen molar-refractivity contribution in [2.45, 2.75) is 38.2 Å². The van der Waals surface area contributed by atoms with E-state index < -0.39 is 0 Å². The van der Waals surface area contributed by atoms with Gasteiger partial charge < -0.3 is 4.74 Å². The van der Waals surface area contributed by atoms with Gasteiger partial charge in [-0.25, -0.2) is 0 Å². The molecule has 1 aromatic rings. The first kappa shape index (κ1) is 8.11. The SMILES string of the molecule is [c]1csc(OC2CCCCC2)c1. The van der Waals surface area contributed by atoms with Gasteiger partial charge in [0.25, 0.3) is 0 Å². The van der Waals surface area contributed by atoms with E-state index in [4.69, 9.17) is 4.74 Å². The highest BCUT2D eigenvalue weighted by Crippen LogP contribution is 2.25. The molecule has 0 N–H and O–H groups in total. The molecule has 0 aromatic carbocycles. The van der Waals surface area contributed by atoms with Gasteiger partial charge in [-0.05, 0) is 37.8 Å². The molecule has 1 aliphatic rings. The minimum atomic E-state index is 0.478. The topological polar surface area (TPSA) is 9.23 Å². The first-order chi connectivity index (χ1) is 5.95. The molecule has 0 saturated heterocycles. The molecule has 1 aromatic heterocycles. The zero-order valence-electron chi connectivity index (χ0n) is 7.08. The van der Waals surface area contributed by atoms with Gasteiger partial charge in [-0.3, -0.25) is 0 Å². The molecule has 0 aliphatic heterocycles. The van der Waals surface area contributed by atoms with Crippen LogP contribution in [0, 0.1) is 6.07 Å². The number of ether oxygens (including phenoxy) is 1. The molecule has 0 amide bonds. The molecule has 0 unspecified atom stereocenters. The van der Waals surface area contributed by atoms with Crippen molar-refractivity contribution < 1.29 is 4.74 Å². The van der Waals surface area contributed by atoms with Crippen LogP contribution in [0.3, 0.4) is 0 Å². The molecule has 2 rings (SSSR count). The molecule has 1 aliphatic carbocycles. The Morgan fingerprint density at radius 2 is 2.17 bits per heavy atom.